The summed E-state index contributed by atoms with van der Waals surface area (Å²) in [6.07, 6.45) is 1.56. The maximum absolute atomic E-state index is 12.4. The van der Waals surface area contributed by atoms with Crippen LogP contribution in [0.15, 0.2) is 24.3 Å². The second-order valence-electron chi connectivity index (χ2n) is 6.32. The Kier molecular flexibility index (Phi) is 5.57. The van der Waals surface area contributed by atoms with E-state index < -0.39 is 23.9 Å². The number of benzene rings is 1. The molecule has 0 aliphatic heterocycles. The zero-order valence-corrected chi connectivity index (χ0v) is 15.6. The normalized spacial score (nSPS) is 13.7. The Morgan fingerprint density at radius 3 is 2.59 bits per heavy atom. The SMILES string of the molecule is C[C@H](OC(=O)c1ccc(CO)cc1)C(=O)Nc1sc2c(c1C(N)=O)CCC2. The van der Waals surface area contributed by atoms with Gasteiger partial charge >= 0.3 is 5.97 Å². The highest BCUT2D eigenvalue weighted by atomic mass is 32.1. The van der Waals surface area contributed by atoms with Crippen LogP contribution in [0.2, 0.25) is 0 Å². The number of aryl methyl sites for hydroxylation is 1. The van der Waals surface area contributed by atoms with Crippen molar-refractivity contribution in [1.82, 2.24) is 0 Å². The van der Waals surface area contributed by atoms with Crippen LogP contribution >= 0.6 is 11.3 Å². The lowest BCUT2D eigenvalue weighted by molar-refractivity contribution is -0.123. The lowest BCUT2D eigenvalue weighted by atomic mass is 10.1. The second kappa shape index (κ2) is 7.89. The van der Waals surface area contributed by atoms with Gasteiger partial charge in [0.05, 0.1) is 17.7 Å². The van der Waals surface area contributed by atoms with Gasteiger partial charge in [0.15, 0.2) is 6.10 Å². The van der Waals surface area contributed by atoms with Gasteiger partial charge in [0.1, 0.15) is 5.00 Å². The lowest BCUT2D eigenvalue weighted by Gasteiger charge is -2.14. The van der Waals surface area contributed by atoms with Gasteiger partial charge in [-0.15, -0.1) is 11.3 Å². The lowest BCUT2D eigenvalue weighted by Crippen LogP contribution is -2.30. The number of hydrogen-bond donors (Lipinski definition) is 3. The van der Waals surface area contributed by atoms with E-state index in [1.165, 1.54) is 30.4 Å². The molecule has 1 aromatic heterocycles. The highest BCUT2D eigenvalue weighted by Gasteiger charge is 2.28. The van der Waals surface area contributed by atoms with Crippen molar-refractivity contribution in [3.8, 4) is 0 Å². The first kappa shape index (κ1) is 19.1. The van der Waals surface area contributed by atoms with Crippen molar-refractivity contribution in [1.29, 1.82) is 0 Å². The van der Waals surface area contributed by atoms with E-state index in [0.717, 1.165) is 29.7 Å². The molecule has 1 aliphatic carbocycles. The largest absolute Gasteiger partial charge is 0.449 e. The zero-order chi connectivity index (χ0) is 19.6. The molecule has 2 aromatic rings. The fourth-order valence-corrected chi connectivity index (χ4v) is 4.29. The van der Waals surface area contributed by atoms with Crippen molar-refractivity contribution in [2.24, 2.45) is 5.73 Å². The third kappa shape index (κ3) is 4.01. The zero-order valence-electron chi connectivity index (χ0n) is 14.8. The number of fused-ring (bicyclic) bond motifs is 1. The van der Waals surface area contributed by atoms with E-state index in [0.29, 0.717) is 16.1 Å². The summed E-state index contributed by atoms with van der Waals surface area (Å²) in [6.45, 7) is 1.34. The van der Waals surface area contributed by atoms with Crippen LogP contribution in [0.5, 0.6) is 0 Å². The van der Waals surface area contributed by atoms with E-state index in [1.54, 1.807) is 12.1 Å². The van der Waals surface area contributed by atoms with Crippen molar-refractivity contribution in [3.63, 3.8) is 0 Å². The highest BCUT2D eigenvalue weighted by molar-refractivity contribution is 7.17. The molecule has 0 bridgehead atoms. The molecule has 1 heterocycles. The summed E-state index contributed by atoms with van der Waals surface area (Å²) in [6, 6.07) is 6.25. The molecule has 27 heavy (non-hydrogen) atoms. The number of rotatable bonds is 6. The molecule has 0 fully saturated rings. The molecule has 1 aliphatic rings. The maximum Gasteiger partial charge on any atom is 0.338 e. The molecule has 7 nitrogen and oxygen atoms in total. The maximum atomic E-state index is 12.4. The molecule has 1 atom stereocenters. The summed E-state index contributed by atoms with van der Waals surface area (Å²) < 4.78 is 5.20. The summed E-state index contributed by atoms with van der Waals surface area (Å²) >= 11 is 1.35. The summed E-state index contributed by atoms with van der Waals surface area (Å²) in [5.74, 6) is -1.75. The van der Waals surface area contributed by atoms with E-state index in [4.69, 9.17) is 15.6 Å². The molecular formula is C19H20N2O5S. The number of hydrogen-bond acceptors (Lipinski definition) is 6. The van der Waals surface area contributed by atoms with Gasteiger partial charge in [-0.05, 0) is 49.4 Å². The Balaban J connectivity index is 1.67. The monoisotopic (exact) mass is 388 g/mol. The first-order valence-corrected chi connectivity index (χ1v) is 9.38. The number of nitrogens with two attached hydrogens (primary N) is 1. The van der Waals surface area contributed by atoms with Crippen LogP contribution < -0.4 is 11.1 Å². The topological polar surface area (TPSA) is 119 Å². The first-order chi connectivity index (χ1) is 12.9. The molecule has 142 valence electrons. The number of aliphatic hydroxyl groups is 1. The highest BCUT2D eigenvalue weighted by Crippen LogP contribution is 2.38. The number of nitrogens with one attached hydrogen (secondary N) is 1. The fourth-order valence-electron chi connectivity index (χ4n) is 2.99. The van der Waals surface area contributed by atoms with Crippen molar-refractivity contribution in [3.05, 3.63) is 51.4 Å². The summed E-state index contributed by atoms with van der Waals surface area (Å²) in [7, 11) is 0. The average Bonchev–Trinajstić information content (AvgIpc) is 3.21. The predicted octanol–water partition coefficient (Wildman–Crippen LogP) is 2.01. The van der Waals surface area contributed by atoms with Gasteiger partial charge in [0.2, 0.25) is 0 Å². The average molecular weight is 388 g/mol. The van der Waals surface area contributed by atoms with E-state index in [-0.39, 0.29) is 12.2 Å². The van der Waals surface area contributed by atoms with Gasteiger partial charge in [-0.1, -0.05) is 12.1 Å². The standard InChI is InChI=1S/C19H20N2O5S/c1-10(26-19(25)12-7-5-11(9-22)6-8-12)17(24)21-18-15(16(20)23)13-3-2-4-14(13)27-18/h5-8,10,22H,2-4,9H2,1H3,(H2,20,23)(H,21,24)/t10-/m0/s1. The van der Waals surface area contributed by atoms with Crippen LogP contribution in [0.3, 0.4) is 0 Å². The quantitative estimate of drug-likeness (QED) is 0.654. The number of ether oxygens (including phenoxy) is 1. The smallest absolute Gasteiger partial charge is 0.338 e. The van der Waals surface area contributed by atoms with Crippen molar-refractivity contribution in [2.45, 2.75) is 38.9 Å². The van der Waals surface area contributed by atoms with Gasteiger partial charge in [-0.25, -0.2) is 4.79 Å². The molecule has 0 spiro atoms. The minimum absolute atomic E-state index is 0.124. The summed E-state index contributed by atoms with van der Waals surface area (Å²) in [4.78, 5) is 37.4. The number of anilines is 1. The van der Waals surface area contributed by atoms with Crippen LogP contribution in [-0.2, 0) is 29.0 Å². The Labute approximate surface area is 160 Å². The molecule has 0 saturated heterocycles. The molecule has 0 radical (unpaired) electrons. The molecule has 0 saturated carbocycles. The van der Waals surface area contributed by atoms with Gasteiger partial charge in [0.25, 0.3) is 11.8 Å². The van der Waals surface area contributed by atoms with E-state index >= 15 is 0 Å². The third-order valence-electron chi connectivity index (χ3n) is 4.43. The van der Waals surface area contributed by atoms with Crippen molar-refractivity contribution in [2.75, 3.05) is 5.32 Å². The minimum atomic E-state index is -1.05. The van der Waals surface area contributed by atoms with Crippen LogP contribution in [-0.4, -0.2) is 29.0 Å². The van der Waals surface area contributed by atoms with Crippen LogP contribution in [0.25, 0.3) is 0 Å². The van der Waals surface area contributed by atoms with E-state index in [9.17, 15) is 14.4 Å². The van der Waals surface area contributed by atoms with Crippen molar-refractivity contribution < 1.29 is 24.2 Å². The van der Waals surface area contributed by atoms with Gasteiger partial charge in [0, 0.05) is 4.88 Å². The molecule has 8 heteroatoms. The molecule has 1 aromatic carbocycles. The number of aliphatic hydroxyl groups excluding tert-OH is 1. The van der Waals surface area contributed by atoms with Gasteiger partial charge < -0.3 is 20.9 Å². The molecule has 3 rings (SSSR count). The van der Waals surface area contributed by atoms with E-state index in [1.807, 2.05) is 0 Å². The van der Waals surface area contributed by atoms with Crippen LogP contribution in [0, 0.1) is 0 Å². The fraction of sp³-hybridized carbons (Fsp3) is 0.316. The predicted molar refractivity (Wildman–Crippen MR) is 101 cm³/mol. The summed E-state index contributed by atoms with van der Waals surface area (Å²) in [5.41, 5.74) is 7.70. The third-order valence-corrected chi connectivity index (χ3v) is 5.64. The van der Waals surface area contributed by atoms with Crippen molar-refractivity contribution >= 4 is 34.1 Å². The molecular weight excluding hydrogens is 368 g/mol. The minimum Gasteiger partial charge on any atom is -0.449 e. The number of esters is 1. The van der Waals surface area contributed by atoms with Gasteiger partial charge in [-0.3, -0.25) is 9.59 Å². The first-order valence-electron chi connectivity index (χ1n) is 8.56. The number of carbonyl (C=O) groups excluding carboxylic acids is 3. The van der Waals surface area contributed by atoms with Crippen LogP contribution in [0.1, 0.15) is 50.1 Å². The Bertz CT molecular complexity index is 888. The molecule has 4 N–H and O–H groups in total. The number of primary amides is 1. The second-order valence-corrected chi connectivity index (χ2v) is 7.42. The Hall–Kier alpha value is -2.71. The summed E-state index contributed by atoms with van der Waals surface area (Å²) in [5, 5.41) is 12.1. The Morgan fingerprint density at radius 1 is 1.26 bits per heavy atom. The molecule has 2 amide bonds. The number of carbonyl (C=O) groups is 3. The number of amides is 2. The van der Waals surface area contributed by atoms with E-state index in [2.05, 4.69) is 5.32 Å². The van der Waals surface area contributed by atoms with Gasteiger partial charge in [-0.2, -0.15) is 0 Å². The Morgan fingerprint density at radius 2 is 1.96 bits per heavy atom. The molecule has 0 unspecified atom stereocenters. The number of thiophene rings is 1. The van der Waals surface area contributed by atoms with Crippen LogP contribution in [0.4, 0.5) is 5.00 Å².